The fourth-order valence-electron chi connectivity index (χ4n) is 1.75. The molecule has 2 rings (SSSR count). The number of hydrogen-bond donors (Lipinski definition) is 1. The van der Waals surface area contributed by atoms with Crippen molar-refractivity contribution in [1.29, 1.82) is 0 Å². The van der Waals surface area contributed by atoms with E-state index in [2.05, 4.69) is 10.2 Å². The average Bonchev–Trinajstić information content (AvgIpc) is 2.95. The summed E-state index contributed by atoms with van der Waals surface area (Å²) in [6.07, 6.45) is 2.14. The predicted octanol–water partition coefficient (Wildman–Crippen LogP) is 3.64. The van der Waals surface area contributed by atoms with Crippen LogP contribution in [0, 0.1) is 0 Å². The van der Waals surface area contributed by atoms with E-state index in [4.69, 9.17) is 9.15 Å². The van der Waals surface area contributed by atoms with Gasteiger partial charge in [-0.25, -0.2) is 4.79 Å². The van der Waals surface area contributed by atoms with Gasteiger partial charge in [-0.2, -0.15) is 0 Å². The van der Waals surface area contributed by atoms with E-state index in [9.17, 15) is 9.90 Å². The minimum absolute atomic E-state index is 0.00599. The molecule has 0 saturated heterocycles. The SMILES string of the molecule is CCc1nnc(S/C(=C\c2ccccc2OC(C)C)C(=O)O)o1. The zero-order chi connectivity index (χ0) is 16.8. The smallest absolute Gasteiger partial charge is 0.342 e. The van der Waals surface area contributed by atoms with Gasteiger partial charge in [-0.3, -0.25) is 0 Å². The third-order valence-electron chi connectivity index (χ3n) is 2.73. The second-order valence-electron chi connectivity index (χ2n) is 4.94. The molecule has 7 heteroatoms. The number of thioether (sulfide) groups is 1. The van der Waals surface area contributed by atoms with Gasteiger partial charge >= 0.3 is 5.97 Å². The average molecular weight is 334 g/mol. The second-order valence-corrected chi connectivity index (χ2v) is 5.93. The molecule has 0 fully saturated rings. The first kappa shape index (κ1) is 17.1. The zero-order valence-electron chi connectivity index (χ0n) is 13.1. The van der Waals surface area contributed by atoms with Crippen molar-refractivity contribution in [3.8, 4) is 5.75 Å². The number of aryl methyl sites for hydroxylation is 1. The highest BCUT2D eigenvalue weighted by Crippen LogP contribution is 2.30. The van der Waals surface area contributed by atoms with E-state index in [0.29, 0.717) is 23.6 Å². The number of carboxylic acid groups (broad SMARTS) is 1. The molecule has 1 aromatic carbocycles. The number of hydrogen-bond acceptors (Lipinski definition) is 6. The van der Waals surface area contributed by atoms with Crippen molar-refractivity contribution in [3.63, 3.8) is 0 Å². The second kappa shape index (κ2) is 7.82. The molecule has 23 heavy (non-hydrogen) atoms. The molecule has 0 bridgehead atoms. The molecule has 0 radical (unpaired) electrons. The Morgan fingerprint density at radius 2 is 2.13 bits per heavy atom. The Kier molecular flexibility index (Phi) is 5.81. The van der Waals surface area contributed by atoms with Crippen LogP contribution >= 0.6 is 11.8 Å². The van der Waals surface area contributed by atoms with Crippen molar-refractivity contribution < 1.29 is 19.1 Å². The zero-order valence-corrected chi connectivity index (χ0v) is 14.0. The van der Waals surface area contributed by atoms with E-state index in [0.717, 1.165) is 11.8 Å². The summed E-state index contributed by atoms with van der Waals surface area (Å²) in [5.74, 6) is 0.0352. The van der Waals surface area contributed by atoms with Gasteiger partial charge in [0.1, 0.15) is 10.7 Å². The molecule has 1 aromatic heterocycles. The van der Waals surface area contributed by atoms with E-state index in [1.807, 2.05) is 32.9 Å². The van der Waals surface area contributed by atoms with Gasteiger partial charge in [-0.15, -0.1) is 10.2 Å². The molecule has 0 aliphatic carbocycles. The number of aliphatic carboxylic acids is 1. The van der Waals surface area contributed by atoms with Crippen molar-refractivity contribution in [3.05, 3.63) is 40.6 Å². The molecule has 1 heterocycles. The molecule has 122 valence electrons. The Morgan fingerprint density at radius 3 is 2.74 bits per heavy atom. The van der Waals surface area contributed by atoms with Crippen molar-refractivity contribution in [2.75, 3.05) is 0 Å². The Bertz CT molecular complexity index is 710. The van der Waals surface area contributed by atoms with Gasteiger partial charge in [-0.1, -0.05) is 25.1 Å². The van der Waals surface area contributed by atoms with Crippen LogP contribution in [0.25, 0.3) is 6.08 Å². The van der Waals surface area contributed by atoms with Crippen LogP contribution in [0.2, 0.25) is 0 Å². The van der Waals surface area contributed by atoms with E-state index in [-0.39, 0.29) is 16.2 Å². The van der Waals surface area contributed by atoms with Gasteiger partial charge in [0.15, 0.2) is 0 Å². The largest absolute Gasteiger partial charge is 0.490 e. The lowest BCUT2D eigenvalue weighted by Crippen LogP contribution is -2.06. The number of ether oxygens (including phenoxy) is 1. The number of carboxylic acids is 1. The maximum Gasteiger partial charge on any atom is 0.342 e. The fraction of sp³-hybridized carbons (Fsp3) is 0.312. The van der Waals surface area contributed by atoms with Gasteiger partial charge in [0.05, 0.1) is 6.10 Å². The summed E-state index contributed by atoms with van der Waals surface area (Å²) in [6.45, 7) is 5.71. The number of aromatic nitrogens is 2. The van der Waals surface area contributed by atoms with E-state index in [1.54, 1.807) is 18.2 Å². The molecule has 0 aliphatic heterocycles. The maximum absolute atomic E-state index is 11.5. The molecule has 6 nitrogen and oxygen atoms in total. The normalized spacial score (nSPS) is 11.7. The van der Waals surface area contributed by atoms with Crippen LogP contribution in [-0.4, -0.2) is 27.4 Å². The lowest BCUT2D eigenvalue weighted by molar-refractivity contribution is -0.131. The van der Waals surface area contributed by atoms with Crippen LogP contribution < -0.4 is 4.74 Å². The predicted molar refractivity (Wildman–Crippen MR) is 87.4 cm³/mol. The third kappa shape index (κ3) is 4.85. The van der Waals surface area contributed by atoms with E-state index in [1.165, 1.54) is 0 Å². The number of para-hydroxylation sites is 1. The number of carbonyl (C=O) groups is 1. The topological polar surface area (TPSA) is 85.5 Å². The van der Waals surface area contributed by atoms with E-state index < -0.39 is 5.97 Å². The Morgan fingerprint density at radius 1 is 1.39 bits per heavy atom. The van der Waals surface area contributed by atoms with Crippen LogP contribution in [-0.2, 0) is 11.2 Å². The highest BCUT2D eigenvalue weighted by atomic mass is 32.2. The van der Waals surface area contributed by atoms with Crippen molar-refractivity contribution in [1.82, 2.24) is 10.2 Å². The molecule has 0 unspecified atom stereocenters. The molecular weight excluding hydrogens is 316 g/mol. The number of rotatable bonds is 7. The van der Waals surface area contributed by atoms with Crippen LogP contribution in [0.1, 0.15) is 32.2 Å². The minimum atomic E-state index is -1.06. The van der Waals surface area contributed by atoms with Crippen LogP contribution in [0.15, 0.2) is 38.8 Å². The van der Waals surface area contributed by atoms with Gasteiger partial charge in [-0.05, 0) is 37.8 Å². The molecule has 0 aliphatic rings. The first-order valence-electron chi connectivity index (χ1n) is 7.20. The number of benzene rings is 1. The summed E-state index contributed by atoms with van der Waals surface area (Å²) in [5.41, 5.74) is 0.682. The molecule has 1 N–H and O–H groups in total. The highest BCUT2D eigenvalue weighted by Gasteiger charge is 2.16. The van der Waals surface area contributed by atoms with Crippen molar-refractivity contribution in [2.24, 2.45) is 0 Å². The Hall–Kier alpha value is -2.28. The number of nitrogens with zero attached hydrogens (tertiary/aromatic N) is 2. The lowest BCUT2D eigenvalue weighted by Gasteiger charge is -2.12. The van der Waals surface area contributed by atoms with Crippen LogP contribution in [0.5, 0.6) is 5.75 Å². The third-order valence-corrected chi connectivity index (χ3v) is 3.58. The molecular formula is C16H18N2O4S. The quantitative estimate of drug-likeness (QED) is 0.611. The van der Waals surface area contributed by atoms with Crippen molar-refractivity contribution >= 4 is 23.8 Å². The van der Waals surface area contributed by atoms with Gasteiger partial charge in [0.25, 0.3) is 5.22 Å². The van der Waals surface area contributed by atoms with Crippen LogP contribution in [0.3, 0.4) is 0 Å². The summed E-state index contributed by atoms with van der Waals surface area (Å²) in [6, 6.07) is 7.27. The van der Waals surface area contributed by atoms with Gasteiger partial charge < -0.3 is 14.3 Å². The first-order chi connectivity index (χ1) is 11.0. The lowest BCUT2D eigenvalue weighted by atomic mass is 10.2. The summed E-state index contributed by atoms with van der Waals surface area (Å²) >= 11 is 0.921. The van der Waals surface area contributed by atoms with Crippen molar-refractivity contribution in [2.45, 2.75) is 38.5 Å². The molecule has 0 amide bonds. The highest BCUT2D eigenvalue weighted by molar-refractivity contribution is 8.03. The van der Waals surface area contributed by atoms with Gasteiger partial charge in [0.2, 0.25) is 5.89 Å². The minimum Gasteiger partial charge on any atom is -0.490 e. The van der Waals surface area contributed by atoms with Crippen LogP contribution in [0.4, 0.5) is 0 Å². The van der Waals surface area contributed by atoms with E-state index >= 15 is 0 Å². The molecule has 0 spiro atoms. The van der Waals surface area contributed by atoms with Gasteiger partial charge in [0, 0.05) is 12.0 Å². The summed E-state index contributed by atoms with van der Waals surface area (Å²) in [7, 11) is 0. The monoisotopic (exact) mass is 334 g/mol. The summed E-state index contributed by atoms with van der Waals surface area (Å²) < 4.78 is 11.1. The summed E-state index contributed by atoms with van der Waals surface area (Å²) in [4.78, 5) is 11.6. The molecule has 0 atom stereocenters. The maximum atomic E-state index is 11.5. The molecule has 0 saturated carbocycles. The fourth-order valence-corrected chi connectivity index (χ4v) is 2.43. The Balaban J connectivity index is 2.30. The first-order valence-corrected chi connectivity index (χ1v) is 8.02. The summed E-state index contributed by atoms with van der Waals surface area (Å²) in [5, 5.41) is 17.3. The molecule has 2 aromatic rings. The standard InChI is InChI=1S/C16H18N2O4S/c1-4-14-17-18-16(22-14)23-13(15(19)20)9-11-7-5-6-8-12(11)21-10(2)3/h5-10H,4H2,1-3H3,(H,19,20)/b13-9-. The Labute approximate surface area is 138 Å².